The Hall–Kier alpha value is -0.400. The summed E-state index contributed by atoms with van der Waals surface area (Å²) in [5.41, 5.74) is 0. The summed E-state index contributed by atoms with van der Waals surface area (Å²) < 4.78 is 40.0. The second-order valence-electron chi connectivity index (χ2n) is 4.76. The van der Waals surface area contributed by atoms with Gasteiger partial charge < -0.3 is 5.32 Å². The average molecular weight is 341 g/mol. The van der Waals surface area contributed by atoms with Crippen molar-refractivity contribution in [3.8, 4) is 0 Å². The van der Waals surface area contributed by atoms with Gasteiger partial charge in [-0.05, 0) is 44.0 Å². The molecule has 0 radical (unpaired) electrons. The standard InChI is InChI=1S/C12H15Cl2FN2O2S/c13-10-4-9(15)5-11(14)12(10)20(18,19)17-7-8-2-1-3-16-6-8/h4-5,8,16-17H,1-3,6-7H2. The van der Waals surface area contributed by atoms with Crippen molar-refractivity contribution in [2.75, 3.05) is 19.6 Å². The molecule has 112 valence electrons. The van der Waals surface area contributed by atoms with Gasteiger partial charge in [-0.15, -0.1) is 0 Å². The van der Waals surface area contributed by atoms with Crippen molar-refractivity contribution < 1.29 is 12.8 Å². The zero-order chi connectivity index (χ0) is 14.8. The average Bonchev–Trinajstić information content (AvgIpc) is 2.36. The van der Waals surface area contributed by atoms with Crippen molar-refractivity contribution in [2.24, 2.45) is 5.92 Å². The quantitative estimate of drug-likeness (QED) is 0.884. The normalized spacial score (nSPS) is 20.1. The SMILES string of the molecule is O=S(=O)(NCC1CCCNC1)c1c(Cl)cc(F)cc1Cl. The number of nitrogens with one attached hydrogen (secondary N) is 2. The summed E-state index contributed by atoms with van der Waals surface area (Å²) in [6.45, 7) is 2.03. The Morgan fingerprint density at radius 1 is 1.35 bits per heavy atom. The second-order valence-corrected chi connectivity index (χ2v) is 7.28. The molecular weight excluding hydrogens is 326 g/mol. The Morgan fingerprint density at radius 2 is 2.00 bits per heavy atom. The highest BCUT2D eigenvalue weighted by molar-refractivity contribution is 7.89. The maximum atomic E-state index is 13.1. The van der Waals surface area contributed by atoms with Gasteiger partial charge in [0.2, 0.25) is 10.0 Å². The third kappa shape index (κ3) is 3.83. The van der Waals surface area contributed by atoms with Gasteiger partial charge in [-0.1, -0.05) is 23.2 Å². The molecule has 1 fully saturated rings. The molecule has 0 aromatic heterocycles. The van der Waals surface area contributed by atoms with E-state index in [9.17, 15) is 12.8 Å². The van der Waals surface area contributed by atoms with Crippen molar-refractivity contribution in [3.63, 3.8) is 0 Å². The number of halogens is 3. The fourth-order valence-corrected chi connectivity index (χ4v) is 4.48. The van der Waals surface area contributed by atoms with Crippen LogP contribution in [0, 0.1) is 11.7 Å². The van der Waals surface area contributed by atoms with E-state index in [0.717, 1.165) is 38.1 Å². The van der Waals surface area contributed by atoms with Crippen LogP contribution in [0.3, 0.4) is 0 Å². The van der Waals surface area contributed by atoms with E-state index in [1.807, 2.05) is 0 Å². The summed E-state index contributed by atoms with van der Waals surface area (Å²) in [4.78, 5) is -0.272. The summed E-state index contributed by atoms with van der Waals surface area (Å²) >= 11 is 11.6. The molecule has 0 spiro atoms. The molecule has 20 heavy (non-hydrogen) atoms. The van der Waals surface area contributed by atoms with E-state index in [1.54, 1.807) is 0 Å². The predicted octanol–water partition coefficient (Wildman–Crippen LogP) is 2.41. The van der Waals surface area contributed by atoms with Crippen LogP contribution in [-0.4, -0.2) is 28.1 Å². The van der Waals surface area contributed by atoms with Gasteiger partial charge in [0, 0.05) is 6.54 Å². The molecule has 1 aromatic rings. The van der Waals surface area contributed by atoms with Gasteiger partial charge in [0.25, 0.3) is 0 Å². The molecular formula is C12H15Cl2FN2O2S. The molecule has 1 saturated heterocycles. The highest BCUT2D eigenvalue weighted by atomic mass is 35.5. The topological polar surface area (TPSA) is 58.2 Å². The predicted molar refractivity (Wildman–Crippen MR) is 77.2 cm³/mol. The number of sulfonamides is 1. The lowest BCUT2D eigenvalue weighted by atomic mass is 10.0. The first-order valence-electron chi connectivity index (χ1n) is 6.25. The first-order chi connectivity index (χ1) is 9.40. The number of hydrogen-bond donors (Lipinski definition) is 2. The largest absolute Gasteiger partial charge is 0.316 e. The van der Waals surface area contributed by atoms with E-state index >= 15 is 0 Å². The summed E-state index contributed by atoms with van der Waals surface area (Å²) in [6.07, 6.45) is 1.98. The molecule has 0 bridgehead atoms. The van der Waals surface area contributed by atoms with Crippen LogP contribution in [0.25, 0.3) is 0 Å². The Bertz CT molecular complexity index is 566. The zero-order valence-corrected chi connectivity index (χ0v) is 13.0. The van der Waals surface area contributed by atoms with Crippen LogP contribution in [0.2, 0.25) is 10.0 Å². The van der Waals surface area contributed by atoms with Gasteiger partial charge in [0.05, 0.1) is 10.0 Å². The molecule has 1 aliphatic heterocycles. The molecule has 1 heterocycles. The first kappa shape index (κ1) is 16.0. The zero-order valence-electron chi connectivity index (χ0n) is 10.6. The maximum Gasteiger partial charge on any atom is 0.243 e. The monoisotopic (exact) mass is 340 g/mol. The Labute approximate surface area is 127 Å². The van der Waals surface area contributed by atoms with Crippen LogP contribution >= 0.6 is 23.2 Å². The highest BCUT2D eigenvalue weighted by Gasteiger charge is 2.24. The molecule has 1 atom stereocenters. The smallest absolute Gasteiger partial charge is 0.243 e. The first-order valence-corrected chi connectivity index (χ1v) is 8.49. The molecule has 1 aromatic carbocycles. The van der Waals surface area contributed by atoms with E-state index in [0.29, 0.717) is 6.54 Å². The summed E-state index contributed by atoms with van der Waals surface area (Å²) in [7, 11) is -3.85. The van der Waals surface area contributed by atoms with E-state index in [4.69, 9.17) is 23.2 Å². The third-order valence-electron chi connectivity index (χ3n) is 3.19. The molecule has 2 rings (SSSR count). The fraction of sp³-hybridized carbons (Fsp3) is 0.500. The van der Waals surface area contributed by atoms with E-state index < -0.39 is 15.8 Å². The molecule has 0 aliphatic carbocycles. The Kier molecular flexibility index (Phi) is 5.25. The fourth-order valence-electron chi connectivity index (χ4n) is 2.18. The summed E-state index contributed by atoms with van der Waals surface area (Å²) in [5, 5.41) is 2.77. The lowest BCUT2D eigenvalue weighted by molar-refractivity contribution is 0.376. The van der Waals surface area contributed by atoms with Crippen LogP contribution in [-0.2, 0) is 10.0 Å². The number of rotatable bonds is 4. The van der Waals surface area contributed by atoms with Crippen molar-refractivity contribution in [1.29, 1.82) is 0 Å². The van der Waals surface area contributed by atoms with Crippen molar-refractivity contribution in [2.45, 2.75) is 17.7 Å². The van der Waals surface area contributed by atoms with Crippen LogP contribution in [0.15, 0.2) is 17.0 Å². The van der Waals surface area contributed by atoms with Crippen LogP contribution in [0.5, 0.6) is 0 Å². The number of piperidine rings is 1. The molecule has 4 nitrogen and oxygen atoms in total. The van der Waals surface area contributed by atoms with Crippen LogP contribution < -0.4 is 10.0 Å². The van der Waals surface area contributed by atoms with Gasteiger partial charge in [0.1, 0.15) is 10.7 Å². The van der Waals surface area contributed by atoms with E-state index in [2.05, 4.69) is 10.0 Å². The van der Waals surface area contributed by atoms with Gasteiger partial charge in [-0.25, -0.2) is 17.5 Å². The maximum absolute atomic E-state index is 13.1. The molecule has 1 aliphatic rings. The lowest BCUT2D eigenvalue weighted by Gasteiger charge is -2.23. The van der Waals surface area contributed by atoms with Gasteiger partial charge in [-0.2, -0.15) is 0 Å². The Morgan fingerprint density at radius 3 is 2.55 bits per heavy atom. The van der Waals surface area contributed by atoms with Crippen molar-refractivity contribution in [1.82, 2.24) is 10.0 Å². The minimum absolute atomic E-state index is 0.218. The Balaban J connectivity index is 2.14. The second kappa shape index (κ2) is 6.58. The van der Waals surface area contributed by atoms with Crippen molar-refractivity contribution in [3.05, 3.63) is 28.0 Å². The molecule has 0 amide bonds. The summed E-state index contributed by atoms with van der Waals surface area (Å²) in [5.74, 6) is -0.438. The highest BCUT2D eigenvalue weighted by Crippen LogP contribution is 2.30. The van der Waals surface area contributed by atoms with Crippen LogP contribution in [0.1, 0.15) is 12.8 Å². The minimum Gasteiger partial charge on any atom is -0.316 e. The molecule has 1 unspecified atom stereocenters. The molecule has 8 heteroatoms. The molecule has 0 saturated carbocycles. The third-order valence-corrected chi connectivity index (χ3v) is 5.54. The molecule has 2 N–H and O–H groups in total. The number of benzene rings is 1. The number of hydrogen-bond acceptors (Lipinski definition) is 3. The van der Waals surface area contributed by atoms with E-state index in [-0.39, 0.29) is 20.9 Å². The van der Waals surface area contributed by atoms with Gasteiger partial charge >= 0.3 is 0 Å². The van der Waals surface area contributed by atoms with Crippen molar-refractivity contribution >= 4 is 33.2 Å². The lowest BCUT2D eigenvalue weighted by Crippen LogP contribution is -2.38. The van der Waals surface area contributed by atoms with Gasteiger partial charge in [0.15, 0.2) is 0 Å². The van der Waals surface area contributed by atoms with Crippen LogP contribution in [0.4, 0.5) is 4.39 Å². The summed E-state index contributed by atoms with van der Waals surface area (Å²) in [6, 6.07) is 1.87. The minimum atomic E-state index is -3.85. The van der Waals surface area contributed by atoms with E-state index in [1.165, 1.54) is 0 Å². The van der Waals surface area contributed by atoms with Gasteiger partial charge in [-0.3, -0.25) is 0 Å².